The SMILES string of the molecule is C[C@H]1CCN1c1nc(/C(C=NC2CCN(C)CC2)=C/N)cc(C(F)(F)F)c1C#N. The molecule has 29 heavy (non-hydrogen) atoms. The molecule has 2 aliphatic heterocycles. The quantitative estimate of drug-likeness (QED) is 0.778. The second-order valence-electron chi connectivity index (χ2n) is 7.63. The minimum Gasteiger partial charge on any atom is -0.404 e. The highest BCUT2D eigenvalue weighted by Crippen LogP contribution is 2.38. The Morgan fingerprint density at radius 2 is 2.00 bits per heavy atom. The number of hydrogen-bond donors (Lipinski definition) is 1. The van der Waals surface area contributed by atoms with Crippen LogP contribution in [0.4, 0.5) is 19.0 Å². The second-order valence-corrected chi connectivity index (χ2v) is 7.63. The van der Waals surface area contributed by atoms with Crippen molar-refractivity contribution in [3.63, 3.8) is 0 Å². The zero-order valence-electron chi connectivity index (χ0n) is 16.6. The molecule has 0 radical (unpaired) electrons. The van der Waals surface area contributed by atoms with Crippen LogP contribution < -0.4 is 10.6 Å². The monoisotopic (exact) mass is 406 g/mol. The summed E-state index contributed by atoms with van der Waals surface area (Å²) in [6.07, 6.45) is 0.668. The molecule has 1 aromatic rings. The van der Waals surface area contributed by atoms with E-state index in [4.69, 9.17) is 5.73 Å². The molecule has 0 unspecified atom stereocenters. The Morgan fingerprint density at radius 1 is 1.31 bits per heavy atom. The van der Waals surface area contributed by atoms with Crippen molar-refractivity contribution in [2.75, 3.05) is 31.6 Å². The van der Waals surface area contributed by atoms with Crippen molar-refractivity contribution >= 4 is 17.6 Å². The summed E-state index contributed by atoms with van der Waals surface area (Å²) in [4.78, 5) is 12.9. The maximum absolute atomic E-state index is 13.7. The summed E-state index contributed by atoms with van der Waals surface area (Å²) < 4.78 is 41.0. The minimum atomic E-state index is -4.67. The highest BCUT2D eigenvalue weighted by atomic mass is 19.4. The second kappa shape index (κ2) is 8.41. The Balaban J connectivity index is 1.99. The first-order chi connectivity index (χ1) is 13.7. The lowest BCUT2D eigenvalue weighted by atomic mass is 10.00. The van der Waals surface area contributed by atoms with Crippen molar-refractivity contribution in [1.29, 1.82) is 5.26 Å². The van der Waals surface area contributed by atoms with Crippen LogP contribution in [0, 0.1) is 11.3 Å². The van der Waals surface area contributed by atoms with Gasteiger partial charge >= 0.3 is 6.18 Å². The maximum Gasteiger partial charge on any atom is 0.417 e. The van der Waals surface area contributed by atoms with Gasteiger partial charge in [-0.1, -0.05) is 0 Å². The molecule has 0 bridgehead atoms. The van der Waals surface area contributed by atoms with E-state index in [1.54, 1.807) is 11.0 Å². The molecule has 9 heteroatoms. The Labute approximate surface area is 168 Å². The Kier molecular flexibility index (Phi) is 6.13. The van der Waals surface area contributed by atoms with Crippen molar-refractivity contribution in [1.82, 2.24) is 9.88 Å². The number of allylic oxidation sites excluding steroid dienone is 1. The van der Waals surface area contributed by atoms with Crippen molar-refractivity contribution in [3.05, 3.63) is 29.1 Å². The predicted octanol–water partition coefficient (Wildman–Crippen LogP) is 3.04. The zero-order chi connectivity index (χ0) is 21.2. The van der Waals surface area contributed by atoms with Crippen molar-refractivity contribution < 1.29 is 13.2 Å². The van der Waals surface area contributed by atoms with Gasteiger partial charge in [-0.3, -0.25) is 4.99 Å². The van der Waals surface area contributed by atoms with Gasteiger partial charge in [-0.15, -0.1) is 0 Å². The van der Waals surface area contributed by atoms with Gasteiger partial charge in [-0.25, -0.2) is 4.98 Å². The van der Waals surface area contributed by atoms with Gasteiger partial charge in [-0.2, -0.15) is 18.4 Å². The molecule has 0 saturated carbocycles. The number of halogens is 3. The van der Waals surface area contributed by atoms with Gasteiger partial charge in [0.15, 0.2) is 0 Å². The van der Waals surface area contributed by atoms with Crippen LogP contribution in [0.25, 0.3) is 5.57 Å². The van der Waals surface area contributed by atoms with Gasteiger partial charge in [0.2, 0.25) is 0 Å². The Morgan fingerprint density at radius 3 is 2.48 bits per heavy atom. The lowest BCUT2D eigenvalue weighted by Crippen LogP contribution is -2.47. The lowest BCUT2D eigenvalue weighted by Gasteiger charge is -2.40. The van der Waals surface area contributed by atoms with Gasteiger partial charge in [0.25, 0.3) is 0 Å². The predicted molar refractivity (Wildman–Crippen MR) is 107 cm³/mol. The smallest absolute Gasteiger partial charge is 0.404 e. The highest BCUT2D eigenvalue weighted by Gasteiger charge is 2.38. The largest absolute Gasteiger partial charge is 0.417 e. The molecule has 0 amide bonds. The molecule has 6 nitrogen and oxygen atoms in total. The van der Waals surface area contributed by atoms with E-state index >= 15 is 0 Å². The summed E-state index contributed by atoms with van der Waals surface area (Å²) in [7, 11) is 2.04. The standard InChI is InChI=1S/C20H25F3N6/c1-13-3-8-29(13)19-16(11-25)17(20(21,22)23)9-18(27-19)14(10-24)12-26-15-4-6-28(2)7-5-15/h9-10,12-13,15H,3-8,24H2,1-2H3/b14-10+,26-12?/t13-/m0/s1. The average Bonchev–Trinajstić information content (AvgIpc) is 2.67. The van der Waals surface area contributed by atoms with E-state index in [1.165, 1.54) is 12.4 Å². The maximum atomic E-state index is 13.7. The van der Waals surface area contributed by atoms with Gasteiger partial charge < -0.3 is 15.5 Å². The number of nitrogens with two attached hydrogens (primary N) is 1. The molecule has 2 N–H and O–H groups in total. The number of aromatic nitrogens is 1. The first kappa shape index (κ1) is 21.1. The Bertz CT molecular complexity index is 847. The summed E-state index contributed by atoms with van der Waals surface area (Å²) in [6, 6.07) is 2.73. The van der Waals surface area contributed by atoms with E-state index in [-0.39, 0.29) is 23.6 Å². The summed E-state index contributed by atoms with van der Waals surface area (Å²) in [5.74, 6) is 0.0584. The molecule has 2 fully saturated rings. The van der Waals surface area contributed by atoms with Crippen molar-refractivity contribution in [2.24, 2.45) is 10.7 Å². The fourth-order valence-electron chi connectivity index (χ4n) is 3.58. The summed E-state index contributed by atoms with van der Waals surface area (Å²) >= 11 is 0. The number of pyridine rings is 1. The number of anilines is 1. The molecule has 1 atom stereocenters. The van der Waals surface area contributed by atoms with E-state index < -0.39 is 17.3 Å². The lowest BCUT2D eigenvalue weighted by molar-refractivity contribution is -0.137. The van der Waals surface area contributed by atoms with Gasteiger partial charge in [0.05, 0.1) is 17.3 Å². The zero-order valence-corrected chi connectivity index (χ0v) is 16.6. The molecule has 3 rings (SSSR count). The van der Waals surface area contributed by atoms with Crippen molar-refractivity contribution in [2.45, 2.75) is 44.4 Å². The third kappa shape index (κ3) is 4.53. The molecule has 2 aliphatic rings. The van der Waals surface area contributed by atoms with Crippen LogP contribution in [-0.4, -0.2) is 54.9 Å². The van der Waals surface area contributed by atoms with Gasteiger partial charge in [0, 0.05) is 30.6 Å². The number of likely N-dealkylation sites (tertiary alicyclic amines) is 1. The van der Waals surface area contributed by atoms with Gasteiger partial charge in [-0.05, 0) is 52.4 Å². The minimum absolute atomic E-state index is 0.0316. The fraction of sp³-hybridized carbons (Fsp3) is 0.550. The molecule has 156 valence electrons. The van der Waals surface area contributed by atoms with Crippen LogP contribution in [0.5, 0.6) is 0 Å². The molecular formula is C20H25F3N6. The first-order valence-electron chi connectivity index (χ1n) is 9.67. The van der Waals surface area contributed by atoms with Crippen LogP contribution >= 0.6 is 0 Å². The molecule has 3 heterocycles. The molecule has 0 aromatic carbocycles. The molecule has 0 spiro atoms. The molecule has 2 saturated heterocycles. The Hall–Kier alpha value is -2.60. The van der Waals surface area contributed by atoms with E-state index in [0.717, 1.165) is 38.4 Å². The van der Waals surface area contributed by atoms with Crippen LogP contribution in [0.3, 0.4) is 0 Å². The number of aliphatic imine (C=N–C) groups is 1. The number of rotatable bonds is 4. The van der Waals surface area contributed by atoms with Crippen LogP contribution in [-0.2, 0) is 6.18 Å². The van der Waals surface area contributed by atoms with Crippen molar-refractivity contribution in [3.8, 4) is 6.07 Å². The molecular weight excluding hydrogens is 381 g/mol. The van der Waals surface area contributed by atoms with Crippen LogP contribution in [0.2, 0.25) is 0 Å². The number of nitrogens with zero attached hydrogens (tertiary/aromatic N) is 5. The molecule has 1 aromatic heterocycles. The highest BCUT2D eigenvalue weighted by molar-refractivity contribution is 6.09. The third-order valence-electron chi connectivity index (χ3n) is 5.60. The van der Waals surface area contributed by atoms with E-state index in [0.29, 0.717) is 12.1 Å². The van der Waals surface area contributed by atoms with E-state index in [1.807, 2.05) is 14.0 Å². The topological polar surface area (TPSA) is 81.5 Å². The van der Waals surface area contributed by atoms with E-state index in [2.05, 4.69) is 14.9 Å². The number of alkyl halides is 3. The van der Waals surface area contributed by atoms with Crippen LogP contribution in [0.1, 0.15) is 43.0 Å². The summed E-state index contributed by atoms with van der Waals surface area (Å²) in [6.45, 7) is 4.31. The van der Waals surface area contributed by atoms with Crippen LogP contribution in [0.15, 0.2) is 17.3 Å². The van der Waals surface area contributed by atoms with Gasteiger partial charge in [0.1, 0.15) is 17.5 Å². The fourth-order valence-corrected chi connectivity index (χ4v) is 3.58. The number of hydrogen-bond acceptors (Lipinski definition) is 6. The summed E-state index contributed by atoms with van der Waals surface area (Å²) in [5.41, 5.74) is 4.66. The molecule has 0 aliphatic carbocycles. The number of nitriles is 1. The number of piperidine rings is 1. The average molecular weight is 406 g/mol. The normalized spacial score (nSPS) is 22.0. The summed E-state index contributed by atoms with van der Waals surface area (Å²) in [5, 5.41) is 9.41. The first-order valence-corrected chi connectivity index (χ1v) is 9.67. The van der Waals surface area contributed by atoms with E-state index in [9.17, 15) is 18.4 Å². The third-order valence-corrected chi connectivity index (χ3v) is 5.60.